The lowest BCUT2D eigenvalue weighted by molar-refractivity contribution is 0.389. The number of methoxy groups -OCH3 is 2. The molecule has 1 unspecified atom stereocenters. The number of hydrogen-bond donors (Lipinski definition) is 1. The number of ether oxygens (including phenoxy) is 2. The Balaban J connectivity index is 1.65. The summed E-state index contributed by atoms with van der Waals surface area (Å²) in [7, 11) is 3.39. The minimum atomic E-state index is 0.564. The van der Waals surface area contributed by atoms with Gasteiger partial charge in [0, 0.05) is 30.1 Å². The van der Waals surface area contributed by atoms with E-state index in [4.69, 9.17) is 9.47 Å². The highest BCUT2D eigenvalue weighted by molar-refractivity contribution is 5.46. The summed E-state index contributed by atoms with van der Waals surface area (Å²) in [6.07, 6.45) is 1.21. The molecule has 0 heterocycles. The van der Waals surface area contributed by atoms with Gasteiger partial charge in [-0.15, -0.1) is 0 Å². The summed E-state index contributed by atoms with van der Waals surface area (Å²) in [6, 6.07) is 15.3. The van der Waals surface area contributed by atoms with Gasteiger partial charge in [-0.05, 0) is 30.5 Å². The van der Waals surface area contributed by atoms with Gasteiger partial charge in [-0.25, -0.2) is 0 Å². The van der Waals surface area contributed by atoms with Gasteiger partial charge in [-0.3, -0.25) is 0 Å². The van der Waals surface area contributed by atoms with E-state index < -0.39 is 0 Å². The average Bonchev–Trinajstić information content (AvgIpc) is 3.33. The van der Waals surface area contributed by atoms with Crippen molar-refractivity contribution in [3.8, 4) is 11.5 Å². The predicted molar refractivity (Wildman–Crippen MR) is 88.7 cm³/mol. The van der Waals surface area contributed by atoms with Crippen molar-refractivity contribution in [2.75, 3.05) is 14.2 Å². The Morgan fingerprint density at radius 3 is 2.55 bits per heavy atom. The second kappa shape index (κ2) is 6.41. The van der Waals surface area contributed by atoms with Crippen molar-refractivity contribution in [2.24, 2.45) is 0 Å². The molecule has 1 aliphatic rings. The molecular weight excluding hydrogens is 274 g/mol. The second-order valence-electron chi connectivity index (χ2n) is 5.87. The van der Waals surface area contributed by atoms with E-state index in [9.17, 15) is 0 Å². The van der Waals surface area contributed by atoms with Gasteiger partial charge in [-0.1, -0.05) is 30.3 Å². The molecule has 2 aromatic rings. The van der Waals surface area contributed by atoms with Crippen molar-refractivity contribution < 1.29 is 9.47 Å². The van der Waals surface area contributed by atoms with Gasteiger partial charge in [0.25, 0.3) is 0 Å². The van der Waals surface area contributed by atoms with Crippen molar-refractivity contribution in [2.45, 2.75) is 31.8 Å². The molecule has 3 nitrogen and oxygen atoms in total. The van der Waals surface area contributed by atoms with Gasteiger partial charge in [0.05, 0.1) is 14.2 Å². The molecule has 0 aromatic heterocycles. The van der Waals surface area contributed by atoms with E-state index in [1.807, 2.05) is 6.07 Å². The van der Waals surface area contributed by atoms with Crippen molar-refractivity contribution >= 4 is 0 Å². The molecule has 3 rings (SSSR count). The fourth-order valence-corrected chi connectivity index (χ4v) is 3.00. The zero-order chi connectivity index (χ0) is 15.5. The van der Waals surface area contributed by atoms with E-state index in [-0.39, 0.29) is 0 Å². The Morgan fingerprint density at radius 1 is 1.09 bits per heavy atom. The van der Waals surface area contributed by atoms with Crippen LogP contribution in [0, 0.1) is 6.92 Å². The van der Waals surface area contributed by atoms with Crippen molar-refractivity contribution in [1.82, 2.24) is 5.32 Å². The van der Waals surface area contributed by atoms with Crippen LogP contribution in [0.5, 0.6) is 11.5 Å². The van der Waals surface area contributed by atoms with Gasteiger partial charge in [-0.2, -0.15) is 0 Å². The zero-order valence-corrected chi connectivity index (χ0v) is 13.4. The minimum Gasteiger partial charge on any atom is -0.497 e. The smallest absolute Gasteiger partial charge is 0.127 e. The normalized spacial score (nSPS) is 19.8. The largest absolute Gasteiger partial charge is 0.497 e. The van der Waals surface area contributed by atoms with Gasteiger partial charge >= 0.3 is 0 Å². The lowest BCUT2D eigenvalue weighted by Gasteiger charge is -2.14. The van der Waals surface area contributed by atoms with Crippen LogP contribution in [0.25, 0.3) is 0 Å². The van der Waals surface area contributed by atoms with E-state index in [0.29, 0.717) is 12.0 Å². The first kappa shape index (κ1) is 14.9. The number of hydrogen-bond acceptors (Lipinski definition) is 3. The first-order chi connectivity index (χ1) is 10.7. The maximum Gasteiger partial charge on any atom is 0.127 e. The maximum absolute atomic E-state index is 5.51. The molecule has 0 amide bonds. The summed E-state index contributed by atoms with van der Waals surface area (Å²) in [5.41, 5.74) is 3.83. The van der Waals surface area contributed by atoms with Crippen LogP contribution in [0.2, 0.25) is 0 Å². The Kier molecular flexibility index (Phi) is 4.34. The molecule has 3 heteroatoms. The lowest BCUT2D eigenvalue weighted by atomic mass is 10.1. The van der Waals surface area contributed by atoms with E-state index in [1.54, 1.807) is 14.2 Å². The summed E-state index contributed by atoms with van der Waals surface area (Å²) in [4.78, 5) is 0. The van der Waals surface area contributed by atoms with Crippen LogP contribution < -0.4 is 14.8 Å². The molecule has 116 valence electrons. The highest BCUT2D eigenvalue weighted by Crippen LogP contribution is 2.41. The molecule has 0 saturated heterocycles. The standard InChI is InChI=1S/C19H23NO2/c1-13-9-15(21-2)10-19(22-3)17(13)12-20-18-11-16(18)14-7-5-4-6-8-14/h4-10,16,18,20H,11-12H2,1-3H3/t16?,18-/m0/s1. The molecule has 1 saturated carbocycles. The van der Waals surface area contributed by atoms with Gasteiger partial charge in [0.1, 0.15) is 11.5 Å². The maximum atomic E-state index is 5.51. The molecule has 2 aromatic carbocycles. The van der Waals surface area contributed by atoms with Gasteiger partial charge in [0.2, 0.25) is 0 Å². The molecular formula is C19H23NO2. The Morgan fingerprint density at radius 2 is 1.86 bits per heavy atom. The van der Waals surface area contributed by atoms with Crippen LogP contribution in [-0.4, -0.2) is 20.3 Å². The number of rotatable bonds is 6. The highest BCUT2D eigenvalue weighted by atomic mass is 16.5. The topological polar surface area (TPSA) is 30.5 Å². The predicted octanol–water partition coefficient (Wildman–Crippen LogP) is 3.66. The third kappa shape index (κ3) is 3.09. The summed E-state index contributed by atoms with van der Waals surface area (Å²) < 4.78 is 10.8. The van der Waals surface area contributed by atoms with Crippen molar-refractivity contribution in [3.63, 3.8) is 0 Å². The van der Waals surface area contributed by atoms with E-state index in [0.717, 1.165) is 18.0 Å². The van der Waals surface area contributed by atoms with Crippen LogP contribution in [0.1, 0.15) is 29.0 Å². The first-order valence-corrected chi connectivity index (χ1v) is 7.72. The second-order valence-corrected chi connectivity index (χ2v) is 5.87. The summed E-state index contributed by atoms with van der Waals surface area (Å²) in [5, 5.41) is 3.65. The van der Waals surface area contributed by atoms with Gasteiger partial charge in [0.15, 0.2) is 0 Å². The van der Waals surface area contributed by atoms with Crippen LogP contribution in [-0.2, 0) is 6.54 Å². The third-order valence-electron chi connectivity index (χ3n) is 4.42. The quantitative estimate of drug-likeness (QED) is 0.882. The van der Waals surface area contributed by atoms with Crippen molar-refractivity contribution in [3.05, 3.63) is 59.2 Å². The fraction of sp³-hybridized carbons (Fsp3) is 0.368. The van der Waals surface area contributed by atoms with Crippen LogP contribution in [0.15, 0.2) is 42.5 Å². The van der Waals surface area contributed by atoms with Crippen LogP contribution in [0.3, 0.4) is 0 Å². The minimum absolute atomic E-state index is 0.564. The SMILES string of the molecule is COc1cc(C)c(CN[C@H]2CC2c2ccccc2)c(OC)c1. The summed E-state index contributed by atoms with van der Waals surface area (Å²) in [5.74, 6) is 2.37. The first-order valence-electron chi connectivity index (χ1n) is 7.72. The molecule has 1 fully saturated rings. The van der Waals surface area contributed by atoms with Crippen LogP contribution >= 0.6 is 0 Å². The molecule has 2 atom stereocenters. The fourth-order valence-electron chi connectivity index (χ4n) is 3.00. The Hall–Kier alpha value is -2.00. The molecule has 1 N–H and O–H groups in total. The average molecular weight is 297 g/mol. The van der Waals surface area contributed by atoms with Gasteiger partial charge < -0.3 is 14.8 Å². The number of aryl methyl sites for hydroxylation is 1. The van der Waals surface area contributed by atoms with Crippen LogP contribution in [0.4, 0.5) is 0 Å². The Labute approximate surface area is 132 Å². The molecule has 22 heavy (non-hydrogen) atoms. The zero-order valence-electron chi connectivity index (χ0n) is 13.4. The summed E-state index contributed by atoms with van der Waals surface area (Å²) in [6.45, 7) is 2.93. The molecule has 0 spiro atoms. The van der Waals surface area contributed by atoms with E-state index in [1.165, 1.54) is 23.1 Å². The Bertz CT molecular complexity index is 639. The molecule has 0 radical (unpaired) electrons. The molecule has 1 aliphatic carbocycles. The number of benzene rings is 2. The third-order valence-corrected chi connectivity index (χ3v) is 4.42. The van der Waals surface area contributed by atoms with E-state index >= 15 is 0 Å². The van der Waals surface area contributed by atoms with E-state index in [2.05, 4.69) is 48.6 Å². The lowest BCUT2D eigenvalue weighted by Crippen LogP contribution is -2.18. The van der Waals surface area contributed by atoms with Crippen molar-refractivity contribution in [1.29, 1.82) is 0 Å². The monoisotopic (exact) mass is 297 g/mol. The molecule has 0 aliphatic heterocycles. The summed E-state index contributed by atoms with van der Waals surface area (Å²) >= 11 is 0. The molecule has 0 bridgehead atoms. The number of nitrogens with one attached hydrogen (secondary N) is 1. The highest BCUT2D eigenvalue weighted by Gasteiger charge is 2.37.